The number of hydrogen-bond acceptors (Lipinski definition) is 3. The standard InChI is InChI=1S/C17H33N3O/c1-17(2,3)14(6-9-18)4-5-16(21)19-15-12-20-10-7-13(15)8-11-20/h13-15H,4-12,18H2,1-3H3,(H,19,21). The minimum atomic E-state index is 0.231. The van der Waals surface area contributed by atoms with Gasteiger partial charge in [-0.25, -0.2) is 0 Å². The Morgan fingerprint density at radius 3 is 2.43 bits per heavy atom. The monoisotopic (exact) mass is 295 g/mol. The van der Waals surface area contributed by atoms with E-state index in [4.69, 9.17) is 5.73 Å². The van der Waals surface area contributed by atoms with Gasteiger partial charge in [-0.15, -0.1) is 0 Å². The maximum Gasteiger partial charge on any atom is 0.220 e. The molecule has 2 atom stereocenters. The van der Waals surface area contributed by atoms with E-state index in [0.29, 0.717) is 30.8 Å². The van der Waals surface area contributed by atoms with Gasteiger partial charge in [0.15, 0.2) is 0 Å². The molecule has 3 N–H and O–H groups in total. The molecule has 122 valence electrons. The second-order valence-electron chi connectivity index (χ2n) is 7.99. The number of carbonyl (C=O) groups excluding carboxylic acids is 1. The van der Waals surface area contributed by atoms with Gasteiger partial charge in [-0.1, -0.05) is 20.8 Å². The van der Waals surface area contributed by atoms with Crippen molar-refractivity contribution in [1.29, 1.82) is 0 Å². The molecule has 0 spiro atoms. The lowest BCUT2D eigenvalue weighted by Crippen LogP contribution is -2.57. The molecule has 0 aromatic rings. The first kappa shape index (κ1) is 16.8. The quantitative estimate of drug-likeness (QED) is 0.788. The van der Waals surface area contributed by atoms with Crippen LogP contribution in [0.15, 0.2) is 0 Å². The first-order chi connectivity index (χ1) is 9.90. The van der Waals surface area contributed by atoms with E-state index in [1.165, 1.54) is 25.9 Å². The van der Waals surface area contributed by atoms with Gasteiger partial charge in [0.1, 0.15) is 0 Å². The Balaban J connectivity index is 1.76. The van der Waals surface area contributed by atoms with E-state index >= 15 is 0 Å². The Morgan fingerprint density at radius 1 is 1.29 bits per heavy atom. The average molecular weight is 295 g/mol. The zero-order chi connectivity index (χ0) is 15.5. The van der Waals surface area contributed by atoms with Gasteiger partial charge in [0.2, 0.25) is 5.91 Å². The van der Waals surface area contributed by atoms with Gasteiger partial charge in [0.25, 0.3) is 0 Å². The van der Waals surface area contributed by atoms with Crippen molar-refractivity contribution < 1.29 is 4.79 Å². The summed E-state index contributed by atoms with van der Waals surface area (Å²) in [7, 11) is 0. The van der Waals surface area contributed by atoms with E-state index in [1.807, 2.05) is 0 Å². The number of nitrogens with zero attached hydrogens (tertiary/aromatic N) is 1. The van der Waals surface area contributed by atoms with Crippen molar-refractivity contribution in [3.05, 3.63) is 0 Å². The Hall–Kier alpha value is -0.610. The molecule has 2 bridgehead atoms. The summed E-state index contributed by atoms with van der Waals surface area (Å²) in [5.41, 5.74) is 5.95. The summed E-state index contributed by atoms with van der Waals surface area (Å²) in [5, 5.41) is 3.29. The third-order valence-electron chi connectivity index (χ3n) is 5.46. The molecule has 0 radical (unpaired) electrons. The molecular formula is C17H33N3O. The van der Waals surface area contributed by atoms with E-state index in [-0.39, 0.29) is 11.3 Å². The molecular weight excluding hydrogens is 262 g/mol. The Bertz CT molecular complexity index is 342. The molecule has 3 fully saturated rings. The van der Waals surface area contributed by atoms with Crippen molar-refractivity contribution in [2.45, 2.75) is 58.9 Å². The topological polar surface area (TPSA) is 58.4 Å². The van der Waals surface area contributed by atoms with E-state index in [2.05, 4.69) is 31.0 Å². The molecule has 3 aliphatic rings. The molecule has 3 saturated heterocycles. The molecule has 4 nitrogen and oxygen atoms in total. The second-order valence-corrected chi connectivity index (χ2v) is 7.99. The number of piperidine rings is 3. The van der Waals surface area contributed by atoms with Crippen LogP contribution in [0.4, 0.5) is 0 Å². The van der Waals surface area contributed by atoms with Crippen molar-refractivity contribution in [1.82, 2.24) is 10.2 Å². The van der Waals surface area contributed by atoms with Crippen LogP contribution in [0.2, 0.25) is 0 Å². The molecule has 3 aliphatic heterocycles. The smallest absolute Gasteiger partial charge is 0.220 e. The van der Waals surface area contributed by atoms with Crippen LogP contribution < -0.4 is 11.1 Å². The predicted molar refractivity (Wildman–Crippen MR) is 86.9 cm³/mol. The molecule has 1 amide bonds. The van der Waals surface area contributed by atoms with E-state index in [9.17, 15) is 4.79 Å². The normalized spacial score (nSPS) is 30.2. The number of amides is 1. The molecule has 3 rings (SSSR count). The lowest BCUT2D eigenvalue weighted by atomic mass is 9.76. The minimum Gasteiger partial charge on any atom is -0.352 e. The molecule has 3 heterocycles. The molecule has 0 aromatic carbocycles. The largest absolute Gasteiger partial charge is 0.352 e. The van der Waals surface area contributed by atoms with Crippen LogP contribution in [0.3, 0.4) is 0 Å². The first-order valence-electron chi connectivity index (χ1n) is 8.62. The molecule has 2 unspecified atom stereocenters. The molecule has 4 heteroatoms. The lowest BCUT2D eigenvalue weighted by Gasteiger charge is -2.45. The van der Waals surface area contributed by atoms with Gasteiger partial charge < -0.3 is 16.0 Å². The van der Waals surface area contributed by atoms with Gasteiger partial charge in [0.05, 0.1) is 0 Å². The summed E-state index contributed by atoms with van der Waals surface area (Å²) in [6.45, 7) is 11.0. The average Bonchev–Trinajstić information content (AvgIpc) is 2.43. The first-order valence-corrected chi connectivity index (χ1v) is 8.62. The van der Waals surface area contributed by atoms with Crippen LogP contribution >= 0.6 is 0 Å². The Morgan fingerprint density at radius 2 is 1.95 bits per heavy atom. The van der Waals surface area contributed by atoms with Crippen molar-refractivity contribution in [3.8, 4) is 0 Å². The number of nitrogens with one attached hydrogen (secondary N) is 1. The highest BCUT2D eigenvalue weighted by Gasteiger charge is 2.35. The van der Waals surface area contributed by atoms with E-state index in [0.717, 1.165) is 19.4 Å². The number of rotatable bonds is 6. The fraction of sp³-hybridized carbons (Fsp3) is 0.941. The van der Waals surface area contributed by atoms with Gasteiger partial charge in [-0.3, -0.25) is 4.79 Å². The van der Waals surface area contributed by atoms with Crippen LogP contribution in [-0.2, 0) is 4.79 Å². The van der Waals surface area contributed by atoms with Crippen LogP contribution in [0.1, 0.15) is 52.9 Å². The van der Waals surface area contributed by atoms with Crippen molar-refractivity contribution in [3.63, 3.8) is 0 Å². The summed E-state index contributed by atoms with van der Waals surface area (Å²) in [5.74, 6) is 1.47. The fourth-order valence-electron chi connectivity index (χ4n) is 3.92. The second kappa shape index (κ2) is 7.10. The molecule has 0 aromatic heterocycles. The zero-order valence-corrected chi connectivity index (χ0v) is 14.0. The van der Waals surface area contributed by atoms with Gasteiger partial charge in [0, 0.05) is 19.0 Å². The molecule has 0 saturated carbocycles. The number of hydrogen-bond donors (Lipinski definition) is 2. The van der Waals surface area contributed by atoms with Gasteiger partial charge >= 0.3 is 0 Å². The van der Waals surface area contributed by atoms with E-state index < -0.39 is 0 Å². The summed E-state index contributed by atoms with van der Waals surface area (Å²) in [6.07, 6.45) is 5.11. The number of nitrogens with two attached hydrogens (primary N) is 1. The summed E-state index contributed by atoms with van der Waals surface area (Å²) in [4.78, 5) is 14.7. The zero-order valence-electron chi connectivity index (χ0n) is 14.0. The van der Waals surface area contributed by atoms with Gasteiger partial charge in [-0.05, 0) is 62.6 Å². The maximum atomic E-state index is 12.3. The maximum absolute atomic E-state index is 12.3. The predicted octanol–water partition coefficient (Wildman–Crippen LogP) is 1.99. The number of fused-ring (bicyclic) bond motifs is 3. The summed E-state index contributed by atoms with van der Waals surface area (Å²) >= 11 is 0. The molecule has 21 heavy (non-hydrogen) atoms. The Kier molecular flexibility index (Phi) is 5.67. The summed E-state index contributed by atoms with van der Waals surface area (Å²) < 4.78 is 0. The highest BCUT2D eigenvalue weighted by Crippen LogP contribution is 2.32. The lowest BCUT2D eigenvalue weighted by molar-refractivity contribution is -0.123. The Labute approximate surface area is 129 Å². The van der Waals surface area contributed by atoms with Crippen molar-refractivity contribution in [2.24, 2.45) is 23.0 Å². The summed E-state index contributed by atoms with van der Waals surface area (Å²) in [6, 6.07) is 0.391. The fourth-order valence-corrected chi connectivity index (χ4v) is 3.92. The molecule has 0 aliphatic carbocycles. The SMILES string of the molecule is CC(C)(C)C(CCN)CCC(=O)NC1CN2CCC1CC2. The third kappa shape index (κ3) is 4.68. The van der Waals surface area contributed by atoms with Crippen LogP contribution in [-0.4, -0.2) is 43.0 Å². The van der Waals surface area contributed by atoms with Gasteiger partial charge in [-0.2, -0.15) is 0 Å². The van der Waals surface area contributed by atoms with Crippen molar-refractivity contribution in [2.75, 3.05) is 26.2 Å². The number of carbonyl (C=O) groups is 1. The van der Waals surface area contributed by atoms with Crippen LogP contribution in [0, 0.1) is 17.3 Å². The highest BCUT2D eigenvalue weighted by atomic mass is 16.1. The van der Waals surface area contributed by atoms with Crippen LogP contribution in [0.25, 0.3) is 0 Å². The van der Waals surface area contributed by atoms with E-state index in [1.54, 1.807) is 0 Å². The third-order valence-corrected chi connectivity index (χ3v) is 5.46. The minimum absolute atomic E-state index is 0.231. The van der Waals surface area contributed by atoms with Crippen molar-refractivity contribution >= 4 is 5.91 Å². The highest BCUT2D eigenvalue weighted by molar-refractivity contribution is 5.76. The van der Waals surface area contributed by atoms with Crippen LogP contribution in [0.5, 0.6) is 0 Å².